The SMILES string of the molecule is NCC(=O)N[C@@H](CCC(N)=O)C(=O)COC(=O)c1ccccc1. The average molecular weight is 321 g/mol. The maximum Gasteiger partial charge on any atom is 0.338 e. The second-order valence-electron chi connectivity index (χ2n) is 4.74. The van der Waals surface area contributed by atoms with Gasteiger partial charge in [0.15, 0.2) is 12.4 Å². The minimum Gasteiger partial charge on any atom is -0.454 e. The average Bonchev–Trinajstić information content (AvgIpc) is 2.56. The Balaban J connectivity index is 2.59. The Bertz CT molecular complexity index is 574. The first-order chi connectivity index (χ1) is 10.9. The normalized spacial score (nSPS) is 11.3. The predicted molar refractivity (Wildman–Crippen MR) is 81.1 cm³/mol. The number of ether oxygens (including phenoxy) is 1. The molecule has 1 atom stereocenters. The van der Waals surface area contributed by atoms with Crippen LogP contribution in [0.15, 0.2) is 30.3 Å². The lowest BCUT2D eigenvalue weighted by Gasteiger charge is -2.16. The second kappa shape index (κ2) is 9.31. The molecule has 0 unspecified atom stereocenters. The van der Waals surface area contributed by atoms with E-state index in [9.17, 15) is 19.2 Å². The number of primary amides is 1. The topological polar surface area (TPSA) is 142 Å². The van der Waals surface area contributed by atoms with Gasteiger partial charge in [-0.1, -0.05) is 18.2 Å². The fourth-order valence-corrected chi connectivity index (χ4v) is 1.75. The van der Waals surface area contributed by atoms with Gasteiger partial charge in [0.1, 0.15) is 0 Å². The van der Waals surface area contributed by atoms with Crippen LogP contribution in [0, 0.1) is 0 Å². The van der Waals surface area contributed by atoms with Gasteiger partial charge in [-0.3, -0.25) is 14.4 Å². The highest BCUT2D eigenvalue weighted by Gasteiger charge is 2.22. The number of hydrogen-bond donors (Lipinski definition) is 3. The molecule has 0 radical (unpaired) electrons. The largest absolute Gasteiger partial charge is 0.454 e. The first kappa shape index (κ1) is 18.3. The van der Waals surface area contributed by atoms with Gasteiger partial charge in [0.2, 0.25) is 11.8 Å². The van der Waals surface area contributed by atoms with E-state index in [1.165, 1.54) is 0 Å². The minimum atomic E-state index is -0.984. The van der Waals surface area contributed by atoms with Gasteiger partial charge in [0, 0.05) is 6.42 Å². The Morgan fingerprint density at radius 1 is 1.13 bits per heavy atom. The van der Waals surface area contributed by atoms with E-state index < -0.39 is 36.2 Å². The van der Waals surface area contributed by atoms with Crippen LogP contribution in [0.3, 0.4) is 0 Å². The number of nitrogens with one attached hydrogen (secondary N) is 1. The van der Waals surface area contributed by atoms with E-state index in [1.807, 2.05) is 0 Å². The summed E-state index contributed by atoms with van der Waals surface area (Å²) in [5.74, 6) is -2.36. The molecule has 0 aliphatic heterocycles. The molecule has 8 heteroatoms. The number of nitrogens with two attached hydrogens (primary N) is 2. The van der Waals surface area contributed by atoms with Crippen LogP contribution in [0.1, 0.15) is 23.2 Å². The zero-order valence-electron chi connectivity index (χ0n) is 12.5. The van der Waals surface area contributed by atoms with Crippen molar-refractivity contribution in [3.8, 4) is 0 Å². The lowest BCUT2D eigenvalue weighted by atomic mass is 10.1. The number of rotatable bonds is 9. The van der Waals surface area contributed by atoms with Gasteiger partial charge in [-0.05, 0) is 18.6 Å². The molecule has 2 amide bonds. The van der Waals surface area contributed by atoms with Crippen molar-refractivity contribution in [3.63, 3.8) is 0 Å². The molecule has 124 valence electrons. The van der Waals surface area contributed by atoms with Gasteiger partial charge in [0.05, 0.1) is 18.2 Å². The monoisotopic (exact) mass is 321 g/mol. The summed E-state index contributed by atoms with van der Waals surface area (Å²) in [6.45, 7) is -0.827. The van der Waals surface area contributed by atoms with Crippen molar-refractivity contribution >= 4 is 23.6 Å². The first-order valence-electron chi connectivity index (χ1n) is 6.96. The van der Waals surface area contributed by atoms with E-state index in [4.69, 9.17) is 16.2 Å². The molecule has 0 saturated carbocycles. The van der Waals surface area contributed by atoms with E-state index in [0.717, 1.165) is 0 Å². The van der Waals surface area contributed by atoms with E-state index in [1.54, 1.807) is 30.3 Å². The Morgan fingerprint density at radius 3 is 2.35 bits per heavy atom. The van der Waals surface area contributed by atoms with Crippen LogP contribution in [-0.2, 0) is 19.1 Å². The molecule has 0 saturated heterocycles. The van der Waals surface area contributed by atoms with Gasteiger partial charge >= 0.3 is 5.97 Å². The summed E-state index contributed by atoms with van der Waals surface area (Å²) in [5.41, 5.74) is 10.5. The molecule has 0 aliphatic carbocycles. The fraction of sp³-hybridized carbons (Fsp3) is 0.333. The van der Waals surface area contributed by atoms with E-state index in [-0.39, 0.29) is 19.4 Å². The summed E-state index contributed by atoms with van der Waals surface area (Å²) in [6.07, 6.45) is -0.0727. The maximum atomic E-state index is 12.1. The third kappa shape index (κ3) is 6.70. The maximum absolute atomic E-state index is 12.1. The van der Waals surface area contributed by atoms with Gasteiger partial charge in [-0.15, -0.1) is 0 Å². The third-order valence-corrected chi connectivity index (χ3v) is 2.94. The summed E-state index contributed by atoms with van der Waals surface area (Å²) in [7, 11) is 0. The van der Waals surface area contributed by atoms with Crippen molar-refractivity contribution < 1.29 is 23.9 Å². The molecule has 0 aliphatic rings. The quantitative estimate of drug-likeness (QED) is 0.504. The fourth-order valence-electron chi connectivity index (χ4n) is 1.75. The smallest absolute Gasteiger partial charge is 0.338 e. The van der Waals surface area contributed by atoms with Gasteiger partial charge < -0.3 is 21.5 Å². The third-order valence-electron chi connectivity index (χ3n) is 2.94. The molecule has 1 aromatic carbocycles. The molecule has 5 N–H and O–H groups in total. The molecule has 0 bridgehead atoms. The number of amides is 2. The van der Waals surface area contributed by atoms with Crippen molar-refractivity contribution in [2.75, 3.05) is 13.2 Å². The number of esters is 1. The molecule has 0 spiro atoms. The van der Waals surface area contributed by atoms with Crippen LogP contribution in [0.2, 0.25) is 0 Å². The predicted octanol–water partition coefficient (Wildman–Crippen LogP) is -0.878. The number of carbonyl (C=O) groups excluding carboxylic acids is 4. The zero-order valence-corrected chi connectivity index (χ0v) is 12.5. The Hall–Kier alpha value is -2.74. The summed E-state index contributed by atoms with van der Waals surface area (Å²) in [5, 5.41) is 2.37. The van der Waals surface area contributed by atoms with Crippen LogP contribution >= 0.6 is 0 Å². The van der Waals surface area contributed by atoms with Gasteiger partial charge in [-0.2, -0.15) is 0 Å². The van der Waals surface area contributed by atoms with Crippen LogP contribution in [0.25, 0.3) is 0 Å². The minimum absolute atomic E-state index is 0.0167. The second-order valence-corrected chi connectivity index (χ2v) is 4.74. The Morgan fingerprint density at radius 2 is 1.78 bits per heavy atom. The van der Waals surface area contributed by atoms with Crippen molar-refractivity contribution in [1.82, 2.24) is 5.32 Å². The van der Waals surface area contributed by atoms with Gasteiger partial charge in [-0.25, -0.2) is 4.79 Å². The van der Waals surface area contributed by atoms with Crippen LogP contribution in [0.4, 0.5) is 0 Å². The van der Waals surface area contributed by atoms with Crippen molar-refractivity contribution in [3.05, 3.63) is 35.9 Å². The number of hydrogen-bond acceptors (Lipinski definition) is 6. The van der Waals surface area contributed by atoms with E-state index in [0.29, 0.717) is 5.56 Å². The van der Waals surface area contributed by atoms with Crippen molar-refractivity contribution in [2.24, 2.45) is 11.5 Å². The standard InChI is InChI=1S/C15H19N3O5/c16-8-14(21)18-11(6-7-13(17)20)12(19)9-23-15(22)10-4-2-1-3-5-10/h1-5,11H,6-9,16H2,(H2,17,20)(H,18,21)/t11-/m0/s1. The summed E-state index contributed by atoms with van der Waals surface area (Å²) in [4.78, 5) is 46.0. The van der Waals surface area contributed by atoms with Gasteiger partial charge in [0.25, 0.3) is 0 Å². The van der Waals surface area contributed by atoms with Crippen molar-refractivity contribution in [2.45, 2.75) is 18.9 Å². The number of ketones is 1. The molecule has 8 nitrogen and oxygen atoms in total. The molecule has 1 aromatic rings. The highest BCUT2D eigenvalue weighted by atomic mass is 16.5. The lowest BCUT2D eigenvalue weighted by molar-refractivity contribution is -0.129. The molecule has 0 fully saturated rings. The number of benzene rings is 1. The molecule has 0 aromatic heterocycles. The first-order valence-corrected chi connectivity index (χ1v) is 6.96. The zero-order chi connectivity index (χ0) is 17.2. The molecular weight excluding hydrogens is 302 g/mol. The Labute approximate surface area is 133 Å². The van der Waals surface area contributed by atoms with Crippen LogP contribution in [-0.4, -0.2) is 42.8 Å². The summed E-state index contributed by atoms with van der Waals surface area (Å²) < 4.78 is 4.91. The van der Waals surface area contributed by atoms with Crippen LogP contribution in [0.5, 0.6) is 0 Å². The summed E-state index contributed by atoms with van der Waals surface area (Å²) >= 11 is 0. The number of Topliss-reactive ketones (excluding diaryl/α,β-unsaturated/α-hetero) is 1. The van der Waals surface area contributed by atoms with E-state index in [2.05, 4.69) is 5.32 Å². The van der Waals surface area contributed by atoms with Crippen molar-refractivity contribution in [1.29, 1.82) is 0 Å². The highest BCUT2D eigenvalue weighted by molar-refractivity contribution is 5.94. The van der Waals surface area contributed by atoms with E-state index >= 15 is 0 Å². The van der Waals surface area contributed by atoms with Crippen LogP contribution < -0.4 is 16.8 Å². The molecular formula is C15H19N3O5. The lowest BCUT2D eigenvalue weighted by Crippen LogP contribution is -2.45. The summed E-state index contributed by atoms with van der Waals surface area (Å²) in [6, 6.07) is 7.18. The highest BCUT2D eigenvalue weighted by Crippen LogP contribution is 2.03. The Kier molecular flexibility index (Phi) is 7.41. The molecule has 0 heterocycles. The molecule has 1 rings (SSSR count). The number of carbonyl (C=O) groups is 4. The molecule has 23 heavy (non-hydrogen) atoms.